The van der Waals surface area contributed by atoms with E-state index in [0.717, 1.165) is 6.32 Å². The molecule has 0 bridgehead atoms. The highest BCUT2D eigenvalue weighted by Gasteiger charge is 2.15. The second-order valence-electron chi connectivity index (χ2n) is 2.15. The number of hydrogen-bond acceptors (Lipinski definition) is 3. The van der Waals surface area contributed by atoms with Crippen molar-refractivity contribution < 1.29 is 0 Å². The van der Waals surface area contributed by atoms with Crippen molar-refractivity contribution in [3.8, 4) is 0 Å². The summed E-state index contributed by atoms with van der Waals surface area (Å²) in [5.74, 6) is 0. The molecule has 0 amide bonds. The van der Waals surface area contributed by atoms with Gasteiger partial charge in [0.15, 0.2) is 0 Å². The van der Waals surface area contributed by atoms with E-state index >= 15 is 0 Å². The fraction of sp³-hybridized carbons (Fsp3) is 0.500. The van der Waals surface area contributed by atoms with Crippen LogP contribution in [0.2, 0.25) is 6.32 Å². The Labute approximate surface area is 63.7 Å². The molecule has 0 aliphatic carbocycles. The molecule has 0 atom stereocenters. The lowest BCUT2D eigenvalue weighted by molar-refractivity contribution is 1.21. The van der Waals surface area contributed by atoms with Crippen molar-refractivity contribution in [3.63, 3.8) is 0 Å². The second kappa shape index (κ2) is 4.60. The van der Waals surface area contributed by atoms with Gasteiger partial charge in [0.25, 0.3) is 22.1 Å². The molecule has 1 heterocycles. The van der Waals surface area contributed by atoms with Crippen LogP contribution in [0.15, 0.2) is 12.2 Å². The normalized spacial score (nSPS) is 18.7. The lowest BCUT2D eigenvalue weighted by Crippen LogP contribution is -2.63. The van der Waals surface area contributed by atoms with Gasteiger partial charge in [0.1, 0.15) is 0 Å². The fourth-order valence-electron chi connectivity index (χ4n) is 0.795. The van der Waals surface area contributed by atoms with Crippen molar-refractivity contribution in [2.75, 3.05) is 0 Å². The first-order valence-electron chi connectivity index (χ1n) is 3.46. The zero-order valence-corrected chi connectivity index (χ0v) is 6.09. The molecule has 0 unspecified atom stereocenters. The first kappa shape index (κ1) is 7.92. The summed E-state index contributed by atoms with van der Waals surface area (Å²) in [5, 5.41) is 9.14. The molecule has 1 fully saturated rings. The number of allylic oxidation sites excluding steroid dienone is 2. The molecule has 10 heavy (non-hydrogen) atoms. The Kier molecular flexibility index (Phi) is 3.64. The molecule has 1 saturated heterocycles. The first-order chi connectivity index (χ1) is 4.93. The van der Waals surface area contributed by atoms with E-state index in [4.69, 9.17) is 0 Å². The van der Waals surface area contributed by atoms with Crippen LogP contribution in [0.1, 0.15) is 6.92 Å². The molecule has 3 nitrogen and oxygen atoms in total. The minimum atomic E-state index is 0.345. The topological polar surface area (TPSA) is 36.1 Å². The summed E-state index contributed by atoms with van der Waals surface area (Å²) in [6.45, 7) is 2.37. The lowest BCUT2D eigenvalue weighted by atomic mass is 9.63. The van der Waals surface area contributed by atoms with Crippen molar-refractivity contribution in [2.45, 2.75) is 13.2 Å². The maximum atomic E-state index is 3.12. The standard InChI is InChI=1S/C4H10B3N3/c1-2-3-4-7-9-5-8-6-10-7/h2-3,8-10H,4H2,1H3/b3-2+. The van der Waals surface area contributed by atoms with Gasteiger partial charge in [-0.15, -0.1) is 0 Å². The van der Waals surface area contributed by atoms with Crippen molar-refractivity contribution in [3.05, 3.63) is 12.2 Å². The molecule has 1 rings (SSSR count). The van der Waals surface area contributed by atoms with E-state index in [2.05, 4.69) is 21.5 Å². The van der Waals surface area contributed by atoms with E-state index < -0.39 is 0 Å². The van der Waals surface area contributed by atoms with Crippen LogP contribution in [0, 0.1) is 0 Å². The third-order valence-electron chi connectivity index (χ3n) is 1.34. The van der Waals surface area contributed by atoms with Crippen LogP contribution >= 0.6 is 0 Å². The van der Waals surface area contributed by atoms with Crippen LogP contribution < -0.4 is 15.4 Å². The van der Waals surface area contributed by atoms with Gasteiger partial charge in [-0.25, -0.2) is 0 Å². The predicted molar refractivity (Wildman–Crippen MR) is 46.3 cm³/mol. The van der Waals surface area contributed by atoms with Gasteiger partial charge in [0, 0.05) is 0 Å². The van der Waals surface area contributed by atoms with E-state index in [1.54, 1.807) is 0 Å². The number of hydrogen-bond donors (Lipinski definition) is 3. The highest BCUT2D eigenvalue weighted by atomic mass is 15.0. The maximum Gasteiger partial charge on any atom is 0.287 e. The minimum absolute atomic E-state index is 0.345. The van der Waals surface area contributed by atoms with Gasteiger partial charge in [0.05, 0.1) is 0 Å². The quantitative estimate of drug-likeness (QED) is 0.330. The van der Waals surface area contributed by atoms with Crippen LogP contribution in [0.4, 0.5) is 0 Å². The third-order valence-corrected chi connectivity index (χ3v) is 1.34. The van der Waals surface area contributed by atoms with E-state index in [1.165, 1.54) is 0 Å². The summed E-state index contributed by atoms with van der Waals surface area (Å²) in [4.78, 5) is 0. The molecule has 50 valence electrons. The highest BCUT2D eigenvalue weighted by Crippen LogP contribution is 1.86. The van der Waals surface area contributed by atoms with Crippen molar-refractivity contribution in [1.82, 2.24) is 15.4 Å². The molecule has 1 aliphatic heterocycles. The fourth-order valence-corrected chi connectivity index (χ4v) is 0.795. The molecule has 0 spiro atoms. The maximum absolute atomic E-state index is 3.12. The summed E-state index contributed by atoms with van der Waals surface area (Å²) >= 11 is 0. The van der Waals surface area contributed by atoms with E-state index in [0.29, 0.717) is 6.98 Å². The van der Waals surface area contributed by atoms with Crippen molar-refractivity contribution in [2.24, 2.45) is 0 Å². The number of rotatable bonds is 2. The van der Waals surface area contributed by atoms with Crippen LogP contribution in [0.25, 0.3) is 0 Å². The van der Waals surface area contributed by atoms with Crippen LogP contribution in [0.5, 0.6) is 0 Å². The Hall–Kier alpha value is -0.185. The SMILES string of the molecule is C/C=C/CB1N[B]N[B]N1. The monoisotopic (exact) mass is 133 g/mol. The molecule has 0 aromatic carbocycles. The molecular formula is C4H10B3N3. The number of nitrogens with one attached hydrogen (secondary N) is 3. The van der Waals surface area contributed by atoms with E-state index in [9.17, 15) is 0 Å². The summed E-state index contributed by atoms with van der Waals surface area (Å²) < 4.78 is 0. The van der Waals surface area contributed by atoms with Gasteiger partial charge in [-0.2, -0.15) is 0 Å². The molecule has 2 radical (unpaired) electrons. The third kappa shape index (κ3) is 2.60. The lowest BCUT2D eigenvalue weighted by Gasteiger charge is -2.19. The molecule has 0 saturated carbocycles. The summed E-state index contributed by atoms with van der Waals surface area (Å²) in [6, 6.07) is 0. The average Bonchev–Trinajstić information content (AvgIpc) is 2.03. The van der Waals surface area contributed by atoms with E-state index in [-0.39, 0.29) is 0 Å². The van der Waals surface area contributed by atoms with Gasteiger partial charge in [-0.1, -0.05) is 12.2 Å². The highest BCUT2D eigenvalue weighted by molar-refractivity contribution is 6.75. The van der Waals surface area contributed by atoms with Crippen molar-refractivity contribution in [1.29, 1.82) is 0 Å². The van der Waals surface area contributed by atoms with E-state index in [1.807, 2.05) is 28.1 Å². The Morgan fingerprint density at radius 2 is 2.10 bits per heavy atom. The summed E-state index contributed by atoms with van der Waals surface area (Å²) in [5.41, 5.74) is 0. The van der Waals surface area contributed by atoms with Crippen LogP contribution in [-0.2, 0) is 0 Å². The van der Waals surface area contributed by atoms with Crippen molar-refractivity contribution >= 4 is 22.1 Å². The molecule has 3 N–H and O–H groups in total. The molecule has 6 heteroatoms. The Bertz CT molecular complexity index is 112. The molecule has 0 aromatic heterocycles. The van der Waals surface area contributed by atoms with Gasteiger partial charge in [-0.3, -0.25) is 0 Å². The average molecular weight is 133 g/mol. The zero-order chi connectivity index (χ0) is 7.23. The largest absolute Gasteiger partial charge is 0.379 e. The first-order valence-corrected chi connectivity index (χ1v) is 3.46. The zero-order valence-electron chi connectivity index (χ0n) is 6.09. The van der Waals surface area contributed by atoms with Gasteiger partial charge < -0.3 is 15.4 Å². The Morgan fingerprint density at radius 3 is 2.70 bits per heavy atom. The van der Waals surface area contributed by atoms with Gasteiger partial charge >= 0.3 is 0 Å². The predicted octanol–water partition coefficient (Wildman–Crippen LogP) is -1.10. The molecular weight excluding hydrogens is 123 g/mol. The summed E-state index contributed by atoms with van der Waals surface area (Å²) in [7, 11) is 3.65. The second-order valence-corrected chi connectivity index (χ2v) is 2.15. The summed E-state index contributed by atoms with van der Waals surface area (Å²) in [6.07, 6.45) is 5.17. The van der Waals surface area contributed by atoms with Crippen LogP contribution in [-0.4, -0.2) is 22.1 Å². The molecule has 0 aromatic rings. The minimum Gasteiger partial charge on any atom is -0.379 e. The molecule has 1 aliphatic rings. The Morgan fingerprint density at radius 1 is 1.40 bits per heavy atom. The smallest absolute Gasteiger partial charge is 0.287 e. The van der Waals surface area contributed by atoms with Crippen LogP contribution in [0.3, 0.4) is 0 Å². The Balaban J connectivity index is 2.13. The van der Waals surface area contributed by atoms with Gasteiger partial charge in [0.2, 0.25) is 0 Å². The van der Waals surface area contributed by atoms with Gasteiger partial charge in [-0.05, 0) is 13.2 Å².